The van der Waals surface area contributed by atoms with Gasteiger partial charge in [-0.25, -0.2) is 0 Å². The molecular formula is C10H17F3N2O2. The van der Waals surface area contributed by atoms with Crippen LogP contribution in [-0.4, -0.2) is 56.4 Å². The molecule has 0 aromatic rings. The van der Waals surface area contributed by atoms with E-state index in [0.717, 1.165) is 6.54 Å². The summed E-state index contributed by atoms with van der Waals surface area (Å²) in [7, 11) is 2.96. The van der Waals surface area contributed by atoms with E-state index in [4.69, 9.17) is 0 Å². The molecule has 1 rings (SSSR count). The van der Waals surface area contributed by atoms with Crippen LogP contribution in [0.5, 0.6) is 0 Å². The number of halogens is 3. The van der Waals surface area contributed by atoms with E-state index in [1.807, 2.05) is 4.90 Å². The third-order valence-electron chi connectivity index (χ3n) is 2.89. The predicted molar refractivity (Wildman–Crippen MR) is 55.5 cm³/mol. The minimum Gasteiger partial charge on any atom is -0.468 e. The first-order valence-corrected chi connectivity index (χ1v) is 5.38. The summed E-state index contributed by atoms with van der Waals surface area (Å²) in [4.78, 5) is 13.5. The van der Waals surface area contributed by atoms with E-state index >= 15 is 0 Å². The molecule has 1 atom stereocenters. The van der Waals surface area contributed by atoms with Gasteiger partial charge in [-0.1, -0.05) is 0 Å². The van der Waals surface area contributed by atoms with Gasteiger partial charge in [-0.15, -0.1) is 0 Å². The fourth-order valence-electron chi connectivity index (χ4n) is 2.12. The molecule has 0 aliphatic carbocycles. The standard InChI is InChI=1S/C10H17F3N2O2/c1-15-5-3-4-9(7-15,8(16)17-2)14-6-10(11,12)13/h14H,3-7H2,1-2H3. The molecule has 1 saturated heterocycles. The fraction of sp³-hybridized carbons (Fsp3) is 0.900. The number of carbonyl (C=O) groups excluding carboxylic acids is 1. The molecule has 1 aliphatic rings. The van der Waals surface area contributed by atoms with Crippen LogP contribution >= 0.6 is 0 Å². The monoisotopic (exact) mass is 254 g/mol. The Bertz CT molecular complexity index is 283. The quantitative estimate of drug-likeness (QED) is 0.756. The second-order valence-corrected chi connectivity index (χ2v) is 4.38. The third kappa shape index (κ3) is 3.85. The van der Waals surface area contributed by atoms with Crippen LogP contribution in [0, 0.1) is 0 Å². The van der Waals surface area contributed by atoms with Crippen molar-refractivity contribution >= 4 is 5.97 Å². The molecule has 0 aromatic carbocycles. The molecule has 0 bridgehead atoms. The molecule has 0 radical (unpaired) electrons. The lowest BCUT2D eigenvalue weighted by atomic mass is 9.89. The maximum Gasteiger partial charge on any atom is 0.401 e. The average molecular weight is 254 g/mol. The topological polar surface area (TPSA) is 41.6 Å². The Morgan fingerprint density at radius 2 is 2.18 bits per heavy atom. The summed E-state index contributed by atoms with van der Waals surface area (Å²) in [5.41, 5.74) is -1.24. The average Bonchev–Trinajstić information content (AvgIpc) is 2.24. The molecule has 7 heteroatoms. The number of methoxy groups -OCH3 is 1. The lowest BCUT2D eigenvalue weighted by Gasteiger charge is -2.39. The molecule has 1 heterocycles. The van der Waals surface area contributed by atoms with Gasteiger partial charge in [0.15, 0.2) is 0 Å². The molecule has 0 spiro atoms. The van der Waals surface area contributed by atoms with Gasteiger partial charge in [-0.3, -0.25) is 10.1 Å². The van der Waals surface area contributed by atoms with Crippen LogP contribution in [0.25, 0.3) is 0 Å². The highest BCUT2D eigenvalue weighted by Crippen LogP contribution is 2.24. The van der Waals surface area contributed by atoms with Crippen molar-refractivity contribution in [2.75, 3.05) is 33.8 Å². The lowest BCUT2D eigenvalue weighted by molar-refractivity contribution is -0.156. The normalized spacial score (nSPS) is 26.9. The number of nitrogens with zero attached hydrogens (tertiary/aromatic N) is 1. The Hall–Kier alpha value is -0.820. The van der Waals surface area contributed by atoms with Crippen molar-refractivity contribution in [2.24, 2.45) is 0 Å². The highest BCUT2D eigenvalue weighted by Gasteiger charge is 2.44. The molecule has 1 fully saturated rings. The second kappa shape index (κ2) is 5.22. The van der Waals surface area contributed by atoms with Gasteiger partial charge in [-0.05, 0) is 26.4 Å². The number of likely N-dealkylation sites (tertiary alicyclic amines) is 1. The smallest absolute Gasteiger partial charge is 0.401 e. The van der Waals surface area contributed by atoms with E-state index in [9.17, 15) is 18.0 Å². The van der Waals surface area contributed by atoms with E-state index in [2.05, 4.69) is 10.1 Å². The molecular weight excluding hydrogens is 237 g/mol. The van der Waals surface area contributed by atoms with Crippen molar-refractivity contribution in [3.63, 3.8) is 0 Å². The number of rotatable bonds is 3. The Morgan fingerprint density at radius 1 is 1.53 bits per heavy atom. The number of hydrogen-bond donors (Lipinski definition) is 1. The van der Waals surface area contributed by atoms with E-state index in [0.29, 0.717) is 12.8 Å². The number of esters is 1. The molecule has 1 unspecified atom stereocenters. The molecule has 1 aliphatic heterocycles. The number of hydrogen-bond acceptors (Lipinski definition) is 4. The minimum atomic E-state index is -4.34. The highest BCUT2D eigenvalue weighted by atomic mass is 19.4. The molecule has 17 heavy (non-hydrogen) atoms. The van der Waals surface area contributed by atoms with E-state index in [1.54, 1.807) is 7.05 Å². The molecule has 0 saturated carbocycles. The molecule has 4 nitrogen and oxygen atoms in total. The molecule has 0 amide bonds. The van der Waals surface area contributed by atoms with Crippen molar-refractivity contribution < 1.29 is 22.7 Å². The van der Waals surface area contributed by atoms with Crippen LogP contribution in [0.15, 0.2) is 0 Å². The summed E-state index contributed by atoms with van der Waals surface area (Å²) in [5, 5.41) is 2.31. The highest BCUT2D eigenvalue weighted by molar-refractivity contribution is 5.81. The number of alkyl halides is 3. The molecule has 100 valence electrons. The summed E-state index contributed by atoms with van der Waals surface area (Å²) in [6, 6.07) is 0. The lowest BCUT2D eigenvalue weighted by Crippen LogP contribution is -2.63. The Kier molecular flexibility index (Phi) is 4.37. The SMILES string of the molecule is COC(=O)C1(NCC(F)(F)F)CCCN(C)C1. The van der Waals surface area contributed by atoms with Gasteiger partial charge >= 0.3 is 12.1 Å². The zero-order valence-corrected chi connectivity index (χ0v) is 9.93. The maximum absolute atomic E-state index is 12.2. The summed E-state index contributed by atoms with van der Waals surface area (Å²) in [6.07, 6.45) is -3.31. The number of likely N-dealkylation sites (N-methyl/N-ethyl adjacent to an activating group) is 1. The van der Waals surface area contributed by atoms with Gasteiger partial charge in [-0.2, -0.15) is 13.2 Å². The summed E-state index contributed by atoms with van der Waals surface area (Å²) >= 11 is 0. The Morgan fingerprint density at radius 3 is 2.65 bits per heavy atom. The van der Waals surface area contributed by atoms with Crippen LogP contribution in [0.1, 0.15) is 12.8 Å². The van der Waals surface area contributed by atoms with Crippen LogP contribution in [0.4, 0.5) is 13.2 Å². The van der Waals surface area contributed by atoms with Gasteiger partial charge in [0.25, 0.3) is 0 Å². The summed E-state index contributed by atoms with van der Waals surface area (Å²) in [6.45, 7) is -0.182. The van der Waals surface area contributed by atoms with Gasteiger partial charge in [0.1, 0.15) is 5.54 Å². The van der Waals surface area contributed by atoms with Crippen molar-refractivity contribution in [1.29, 1.82) is 0 Å². The Balaban J connectivity index is 2.75. The van der Waals surface area contributed by atoms with Crippen molar-refractivity contribution in [3.8, 4) is 0 Å². The second-order valence-electron chi connectivity index (χ2n) is 4.38. The first kappa shape index (κ1) is 14.2. The first-order valence-electron chi connectivity index (χ1n) is 5.38. The molecule has 1 N–H and O–H groups in total. The van der Waals surface area contributed by atoms with E-state index < -0.39 is 24.2 Å². The minimum absolute atomic E-state index is 0.232. The van der Waals surface area contributed by atoms with Crippen molar-refractivity contribution in [2.45, 2.75) is 24.6 Å². The van der Waals surface area contributed by atoms with Gasteiger partial charge in [0.2, 0.25) is 0 Å². The van der Waals surface area contributed by atoms with E-state index in [1.165, 1.54) is 7.11 Å². The molecule has 0 aromatic heterocycles. The number of nitrogens with one attached hydrogen (secondary N) is 1. The predicted octanol–water partition coefficient (Wildman–Crippen LogP) is 0.776. The van der Waals surface area contributed by atoms with Gasteiger partial charge in [0.05, 0.1) is 13.7 Å². The summed E-state index contributed by atoms with van der Waals surface area (Å²) in [5.74, 6) is -0.631. The zero-order valence-electron chi connectivity index (χ0n) is 9.93. The van der Waals surface area contributed by atoms with Crippen LogP contribution in [0.2, 0.25) is 0 Å². The number of piperidine rings is 1. The first-order chi connectivity index (χ1) is 7.79. The largest absolute Gasteiger partial charge is 0.468 e. The van der Waals surface area contributed by atoms with Gasteiger partial charge < -0.3 is 9.64 Å². The van der Waals surface area contributed by atoms with Crippen molar-refractivity contribution in [3.05, 3.63) is 0 Å². The fourth-order valence-corrected chi connectivity index (χ4v) is 2.12. The van der Waals surface area contributed by atoms with Crippen LogP contribution < -0.4 is 5.32 Å². The summed E-state index contributed by atoms with van der Waals surface area (Å²) < 4.78 is 41.3. The Labute approximate surface area is 98.1 Å². The van der Waals surface area contributed by atoms with Crippen molar-refractivity contribution in [1.82, 2.24) is 10.2 Å². The van der Waals surface area contributed by atoms with Crippen LogP contribution in [0.3, 0.4) is 0 Å². The van der Waals surface area contributed by atoms with Crippen LogP contribution in [-0.2, 0) is 9.53 Å². The number of carbonyl (C=O) groups is 1. The van der Waals surface area contributed by atoms with E-state index in [-0.39, 0.29) is 6.54 Å². The number of ether oxygens (including phenoxy) is 1. The zero-order chi connectivity index (χ0) is 13.1. The van der Waals surface area contributed by atoms with Gasteiger partial charge in [0, 0.05) is 6.54 Å². The third-order valence-corrected chi connectivity index (χ3v) is 2.89. The maximum atomic E-state index is 12.2.